The number of ether oxygens (including phenoxy) is 1. The molecule has 0 atom stereocenters. The molecule has 0 aliphatic carbocycles. The predicted octanol–water partition coefficient (Wildman–Crippen LogP) is 4.22. The lowest BCUT2D eigenvalue weighted by molar-refractivity contribution is 0.422. The molecule has 0 unspecified atom stereocenters. The van der Waals surface area contributed by atoms with Gasteiger partial charge in [0.05, 0.1) is 0 Å². The molecule has 0 aliphatic rings. The van der Waals surface area contributed by atoms with Crippen LogP contribution in [0.4, 0.5) is 5.82 Å². The van der Waals surface area contributed by atoms with Crippen LogP contribution in [0.25, 0.3) is 0 Å². The fourth-order valence-corrected chi connectivity index (χ4v) is 2.28. The van der Waals surface area contributed by atoms with Gasteiger partial charge in [-0.05, 0) is 39.9 Å². The van der Waals surface area contributed by atoms with Crippen molar-refractivity contribution in [2.24, 2.45) is 0 Å². The van der Waals surface area contributed by atoms with Gasteiger partial charge in [0.15, 0.2) is 0 Å². The SMILES string of the molecule is Cc1ccc(C(C)(C)C)c(Oc2nc(N)cc(Br)n2)c1. The third kappa shape index (κ3) is 3.48. The molecule has 2 aromatic rings. The minimum atomic E-state index is -0.0272. The van der Waals surface area contributed by atoms with Gasteiger partial charge in [-0.1, -0.05) is 32.9 Å². The molecule has 1 aromatic carbocycles. The number of anilines is 1. The van der Waals surface area contributed by atoms with Crippen molar-refractivity contribution >= 4 is 21.7 Å². The number of aryl methyl sites for hydroxylation is 1. The highest BCUT2D eigenvalue weighted by Gasteiger charge is 2.20. The Labute approximate surface area is 127 Å². The first-order valence-corrected chi connectivity index (χ1v) is 7.14. The first kappa shape index (κ1) is 14.8. The van der Waals surface area contributed by atoms with Crippen molar-refractivity contribution in [3.63, 3.8) is 0 Å². The molecule has 1 aromatic heterocycles. The fourth-order valence-electron chi connectivity index (χ4n) is 1.89. The van der Waals surface area contributed by atoms with E-state index in [0.717, 1.165) is 16.9 Å². The van der Waals surface area contributed by atoms with E-state index in [-0.39, 0.29) is 11.4 Å². The molecule has 106 valence electrons. The lowest BCUT2D eigenvalue weighted by atomic mass is 9.86. The van der Waals surface area contributed by atoms with Gasteiger partial charge in [0, 0.05) is 11.6 Å². The van der Waals surface area contributed by atoms with Gasteiger partial charge in [-0.2, -0.15) is 9.97 Å². The summed E-state index contributed by atoms with van der Waals surface area (Å²) in [6.45, 7) is 8.44. The van der Waals surface area contributed by atoms with Crippen LogP contribution in [0, 0.1) is 6.92 Å². The topological polar surface area (TPSA) is 61.0 Å². The van der Waals surface area contributed by atoms with Crippen molar-refractivity contribution in [1.29, 1.82) is 0 Å². The molecule has 20 heavy (non-hydrogen) atoms. The van der Waals surface area contributed by atoms with Gasteiger partial charge in [0.2, 0.25) is 0 Å². The Hall–Kier alpha value is -1.62. The molecule has 5 heteroatoms. The van der Waals surface area contributed by atoms with E-state index in [9.17, 15) is 0 Å². The number of aromatic nitrogens is 2. The zero-order valence-corrected chi connectivity index (χ0v) is 13.7. The highest BCUT2D eigenvalue weighted by atomic mass is 79.9. The van der Waals surface area contributed by atoms with Crippen molar-refractivity contribution in [2.45, 2.75) is 33.1 Å². The van der Waals surface area contributed by atoms with E-state index in [0.29, 0.717) is 10.4 Å². The second-order valence-corrected chi connectivity index (χ2v) is 6.56. The molecule has 0 fully saturated rings. The molecule has 2 rings (SSSR count). The fraction of sp³-hybridized carbons (Fsp3) is 0.333. The Morgan fingerprint density at radius 2 is 1.85 bits per heavy atom. The Kier molecular flexibility index (Phi) is 3.99. The number of benzene rings is 1. The van der Waals surface area contributed by atoms with Crippen LogP contribution in [0.15, 0.2) is 28.9 Å². The van der Waals surface area contributed by atoms with E-state index in [1.165, 1.54) is 0 Å². The van der Waals surface area contributed by atoms with Gasteiger partial charge in [-0.3, -0.25) is 0 Å². The number of nitrogen functional groups attached to an aromatic ring is 1. The van der Waals surface area contributed by atoms with Gasteiger partial charge in [0.25, 0.3) is 0 Å². The van der Waals surface area contributed by atoms with Crippen LogP contribution < -0.4 is 10.5 Å². The van der Waals surface area contributed by atoms with Crippen LogP contribution in [0.2, 0.25) is 0 Å². The lowest BCUT2D eigenvalue weighted by Crippen LogP contribution is -2.13. The van der Waals surface area contributed by atoms with Crippen molar-refractivity contribution < 1.29 is 4.74 Å². The standard InChI is InChI=1S/C15H18BrN3O/c1-9-5-6-10(15(2,3)4)11(7-9)20-14-18-12(16)8-13(17)19-14/h5-8H,1-4H3,(H2,17,18,19). The number of rotatable bonds is 2. The van der Waals surface area contributed by atoms with E-state index in [2.05, 4.69) is 58.8 Å². The minimum absolute atomic E-state index is 0.0272. The van der Waals surface area contributed by atoms with Crippen LogP contribution in [-0.2, 0) is 5.41 Å². The predicted molar refractivity (Wildman–Crippen MR) is 84.1 cm³/mol. The number of nitrogens with zero attached hydrogens (tertiary/aromatic N) is 2. The highest BCUT2D eigenvalue weighted by Crippen LogP contribution is 2.34. The molecule has 0 spiro atoms. The second-order valence-electron chi connectivity index (χ2n) is 5.75. The van der Waals surface area contributed by atoms with Crippen LogP contribution in [-0.4, -0.2) is 9.97 Å². The third-order valence-electron chi connectivity index (χ3n) is 2.84. The van der Waals surface area contributed by atoms with Gasteiger partial charge in [-0.25, -0.2) is 0 Å². The van der Waals surface area contributed by atoms with E-state index in [1.54, 1.807) is 6.07 Å². The Balaban J connectivity index is 2.44. The molecule has 0 saturated carbocycles. The molecule has 4 nitrogen and oxygen atoms in total. The molecule has 0 saturated heterocycles. The first-order valence-electron chi connectivity index (χ1n) is 6.35. The van der Waals surface area contributed by atoms with E-state index < -0.39 is 0 Å². The monoisotopic (exact) mass is 335 g/mol. The molecule has 0 amide bonds. The Bertz CT molecular complexity index is 615. The van der Waals surface area contributed by atoms with Crippen LogP contribution in [0.5, 0.6) is 11.8 Å². The summed E-state index contributed by atoms with van der Waals surface area (Å²) in [6, 6.07) is 8.01. The maximum Gasteiger partial charge on any atom is 0.325 e. The normalized spacial score (nSPS) is 11.4. The van der Waals surface area contributed by atoms with E-state index in [1.807, 2.05) is 13.0 Å². The highest BCUT2D eigenvalue weighted by molar-refractivity contribution is 9.10. The average molecular weight is 336 g/mol. The van der Waals surface area contributed by atoms with Crippen LogP contribution in [0.3, 0.4) is 0 Å². The molecule has 2 N–H and O–H groups in total. The van der Waals surface area contributed by atoms with Crippen molar-refractivity contribution in [2.75, 3.05) is 5.73 Å². The lowest BCUT2D eigenvalue weighted by Gasteiger charge is -2.22. The van der Waals surface area contributed by atoms with Crippen LogP contribution in [0.1, 0.15) is 31.9 Å². The molecular weight excluding hydrogens is 318 g/mol. The summed E-state index contributed by atoms with van der Waals surface area (Å²) in [5.74, 6) is 1.13. The second kappa shape index (κ2) is 5.40. The summed E-state index contributed by atoms with van der Waals surface area (Å²) in [5.41, 5.74) is 7.90. The molecule has 1 heterocycles. The van der Waals surface area contributed by atoms with E-state index in [4.69, 9.17) is 10.5 Å². The largest absolute Gasteiger partial charge is 0.424 e. The molecular formula is C15H18BrN3O. The minimum Gasteiger partial charge on any atom is -0.424 e. The zero-order chi connectivity index (χ0) is 14.9. The number of hydrogen-bond acceptors (Lipinski definition) is 4. The van der Waals surface area contributed by atoms with Crippen molar-refractivity contribution in [1.82, 2.24) is 9.97 Å². The molecule has 0 aliphatic heterocycles. The van der Waals surface area contributed by atoms with Gasteiger partial charge >= 0.3 is 6.01 Å². The van der Waals surface area contributed by atoms with Crippen molar-refractivity contribution in [3.8, 4) is 11.8 Å². The zero-order valence-electron chi connectivity index (χ0n) is 12.1. The van der Waals surface area contributed by atoms with Crippen molar-refractivity contribution in [3.05, 3.63) is 40.0 Å². The molecule has 0 radical (unpaired) electrons. The van der Waals surface area contributed by atoms with Gasteiger partial charge in [0.1, 0.15) is 16.2 Å². The summed E-state index contributed by atoms with van der Waals surface area (Å²) in [7, 11) is 0. The third-order valence-corrected chi connectivity index (χ3v) is 3.25. The Morgan fingerprint density at radius 1 is 1.15 bits per heavy atom. The summed E-state index contributed by atoms with van der Waals surface area (Å²) < 4.78 is 6.45. The Morgan fingerprint density at radius 3 is 2.45 bits per heavy atom. The van der Waals surface area contributed by atoms with Gasteiger partial charge < -0.3 is 10.5 Å². The first-order chi connectivity index (χ1) is 9.25. The summed E-state index contributed by atoms with van der Waals surface area (Å²) in [6.07, 6.45) is 0. The molecule has 0 bridgehead atoms. The average Bonchev–Trinajstić information content (AvgIpc) is 2.25. The summed E-state index contributed by atoms with van der Waals surface area (Å²) >= 11 is 3.29. The van der Waals surface area contributed by atoms with Crippen LogP contribution >= 0.6 is 15.9 Å². The number of hydrogen-bond donors (Lipinski definition) is 1. The van der Waals surface area contributed by atoms with Gasteiger partial charge in [-0.15, -0.1) is 0 Å². The summed E-state index contributed by atoms with van der Waals surface area (Å²) in [4.78, 5) is 8.28. The number of nitrogens with two attached hydrogens (primary N) is 1. The smallest absolute Gasteiger partial charge is 0.325 e. The summed E-state index contributed by atoms with van der Waals surface area (Å²) in [5, 5.41) is 0. The van der Waals surface area contributed by atoms with E-state index >= 15 is 0 Å². The quantitative estimate of drug-likeness (QED) is 0.834. The maximum absolute atomic E-state index is 5.85. The maximum atomic E-state index is 5.85. The number of halogens is 1.